The molecule has 0 fully saturated rings. The maximum Gasteiger partial charge on any atom is 0.0328 e. The lowest BCUT2D eigenvalue weighted by atomic mass is 10.5. The van der Waals surface area contributed by atoms with Crippen LogP contribution in [0.25, 0.3) is 0 Å². The van der Waals surface area contributed by atoms with E-state index in [0.717, 1.165) is 6.42 Å². The lowest BCUT2D eigenvalue weighted by Gasteiger charge is -1.67. The first-order chi connectivity index (χ1) is 4.77. The van der Waals surface area contributed by atoms with Gasteiger partial charge in [-0.05, 0) is 6.42 Å². The van der Waals surface area contributed by atoms with Crippen LogP contribution in [0.3, 0.4) is 0 Å². The molecule has 0 aromatic heterocycles. The van der Waals surface area contributed by atoms with Crippen LogP contribution in [0.5, 0.6) is 0 Å². The van der Waals surface area contributed by atoms with Crippen LogP contribution in [-0.2, 0) is 0 Å². The second-order valence-corrected chi connectivity index (χ2v) is 2.23. The number of allylic oxidation sites excluding steroid dienone is 6. The minimum absolute atomic E-state index is 0.491. The summed E-state index contributed by atoms with van der Waals surface area (Å²) in [4.78, 5) is 0. The van der Waals surface area contributed by atoms with E-state index in [1.807, 2.05) is 0 Å². The Labute approximate surface area is 67.2 Å². The van der Waals surface area contributed by atoms with Crippen LogP contribution in [0, 0.1) is 0 Å². The molecule has 0 aromatic carbocycles. The maximum absolute atomic E-state index is 5.15. The van der Waals surface area contributed by atoms with Crippen LogP contribution >= 0.6 is 11.6 Å². The Morgan fingerprint density at radius 3 is 1.90 bits per heavy atom. The van der Waals surface area contributed by atoms with Crippen molar-refractivity contribution in [2.75, 3.05) is 0 Å². The minimum Gasteiger partial charge on any atom is -0.0976 e. The second-order valence-electron chi connectivity index (χ2n) is 1.74. The molecule has 1 aliphatic rings. The van der Waals surface area contributed by atoms with E-state index >= 15 is 0 Å². The summed E-state index contributed by atoms with van der Waals surface area (Å²) in [7, 11) is 0. The highest BCUT2D eigenvalue weighted by atomic mass is 35.5. The predicted molar refractivity (Wildman–Crippen MR) is 48.1 cm³/mol. The second kappa shape index (κ2) is 6.37. The fourth-order valence-electron chi connectivity index (χ4n) is 0.393. The molecule has 0 aromatic rings. The topological polar surface area (TPSA) is 0 Å². The quantitative estimate of drug-likeness (QED) is 0.508. The van der Waals surface area contributed by atoms with Crippen LogP contribution in [0.15, 0.2) is 48.6 Å². The molecule has 1 aliphatic carbocycles. The molecule has 0 atom stereocenters. The highest BCUT2D eigenvalue weighted by Gasteiger charge is 1.72. The first-order valence-electron chi connectivity index (χ1n) is 3.06. The number of rotatable bonds is 1. The molecular weight excluding hydrogens is 144 g/mol. The molecule has 0 saturated carbocycles. The van der Waals surface area contributed by atoms with Gasteiger partial charge < -0.3 is 0 Å². The average Bonchev–Trinajstić information content (AvgIpc) is 2.43. The molecule has 0 N–H and O–H groups in total. The highest BCUT2D eigenvalue weighted by Crippen LogP contribution is 1.93. The summed E-state index contributed by atoms with van der Waals surface area (Å²) in [6, 6.07) is 0. The molecule has 0 amide bonds. The van der Waals surface area contributed by atoms with Crippen molar-refractivity contribution in [2.45, 2.75) is 6.42 Å². The van der Waals surface area contributed by atoms with Crippen molar-refractivity contribution in [1.29, 1.82) is 0 Å². The zero-order valence-electron chi connectivity index (χ0n) is 5.89. The Bertz CT molecular complexity index is 154. The zero-order valence-corrected chi connectivity index (χ0v) is 6.64. The van der Waals surface area contributed by atoms with E-state index in [9.17, 15) is 0 Å². The SMILES string of the molecule is C1=CCC=C1.C=CC(=C)Cl. The zero-order chi connectivity index (χ0) is 7.82. The monoisotopic (exact) mass is 154 g/mol. The van der Waals surface area contributed by atoms with Crippen LogP contribution < -0.4 is 0 Å². The fourth-order valence-corrected chi connectivity index (χ4v) is 0.393. The molecule has 0 saturated heterocycles. The third-order valence-corrected chi connectivity index (χ3v) is 1.03. The van der Waals surface area contributed by atoms with Crippen LogP contribution in [0.1, 0.15) is 6.42 Å². The van der Waals surface area contributed by atoms with Gasteiger partial charge in [0.05, 0.1) is 0 Å². The summed E-state index contributed by atoms with van der Waals surface area (Å²) >= 11 is 5.15. The van der Waals surface area contributed by atoms with Crippen molar-refractivity contribution in [1.82, 2.24) is 0 Å². The van der Waals surface area contributed by atoms with Gasteiger partial charge >= 0.3 is 0 Å². The molecule has 10 heavy (non-hydrogen) atoms. The lowest BCUT2D eigenvalue weighted by Crippen LogP contribution is -1.42. The Morgan fingerprint density at radius 1 is 1.40 bits per heavy atom. The van der Waals surface area contributed by atoms with Gasteiger partial charge in [-0.3, -0.25) is 0 Å². The van der Waals surface area contributed by atoms with Crippen molar-refractivity contribution in [3.63, 3.8) is 0 Å². The van der Waals surface area contributed by atoms with Crippen molar-refractivity contribution >= 4 is 11.6 Å². The molecule has 0 bridgehead atoms. The van der Waals surface area contributed by atoms with Crippen LogP contribution in [0.2, 0.25) is 0 Å². The van der Waals surface area contributed by atoms with Gasteiger partial charge in [0.15, 0.2) is 0 Å². The third kappa shape index (κ3) is 7.25. The van der Waals surface area contributed by atoms with E-state index in [1.165, 1.54) is 6.08 Å². The first-order valence-corrected chi connectivity index (χ1v) is 3.43. The molecule has 1 rings (SSSR count). The van der Waals surface area contributed by atoms with Crippen molar-refractivity contribution in [3.8, 4) is 0 Å². The molecule has 0 spiro atoms. The third-order valence-electron chi connectivity index (χ3n) is 0.877. The van der Waals surface area contributed by atoms with Crippen LogP contribution in [-0.4, -0.2) is 0 Å². The lowest BCUT2D eigenvalue weighted by molar-refractivity contribution is 1.45. The van der Waals surface area contributed by atoms with Gasteiger partial charge in [0.1, 0.15) is 0 Å². The molecule has 0 heterocycles. The fraction of sp³-hybridized carbons (Fsp3) is 0.111. The number of hydrogen-bond donors (Lipinski definition) is 0. The van der Waals surface area contributed by atoms with Crippen molar-refractivity contribution < 1.29 is 0 Å². The van der Waals surface area contributed by atoms with Crippen molar-refractivity contribution in [2.24, 2.45) is 0 Å². The largest absolute Gasteiger partial charge is 0.0976 e. The first kappa shape index (κ1) is 9.25. The average molecular weight is 155 g/mol. The van der Waals surface area contributed by atoms with Crippen molar-refractivity contribution in [3.05, 3.63) is 48.6 Å². The Morgan fingerprint density at radius 2 is 1.80 bits per heavy atom. The van der Waals surface area contributed by atoms with Crippen LogP contribution in [0.4, 0.5) is 0 Å². The number of halogens is 1. The summed E-state index contributed by atoms with van der Waals surface area (Å²) in [6.45, 7) is 6.65. The molecule has 54 valence electrons. The van der Waals surface area contributed by atoms with Gasteiger partial charge in [0.25, 0.3) is 0 Å². The minimum atomic E-state index is 0.491. The van der Waals surface area contributed by atoms with E-state index in [4.69, 9.17) is 11.6 Å². The van der Waals surface area contributed by atoms with Gasteiger partial charge in [-0.25, -0.2) is 0 Å². The predicted octanol–water partition coefficient (Wildman–Crippen LogP) is 3.43. The maximum atomic E-state index is 5.15. The smallest absolute Gasteiger partial charge is 0.0328 e. The summed E-state index contributed by atoms with van der Waals surface area (Å²) in [5.74, 6) is 0. The Kier molecular flexibility index (Phi) is 5.89. The van der Waals surface area contributed by atoms with E-state index in [-0.39, 0.29) is 0 Å². The molecule has 0 nitrogen and oxygen atoms in total. The summed E-state index contributed by atoms with van der Waals surface area (Å²) in [5.41, 5.74) is 0. The molecule has 1 heteroatoms. The Balaban J connectivity index is 0.000000162. The van der Waals surface area contributed by atoms with Gasteiger partial charge in [-0.15, -0.1) is 0 Å². The van der Waals surface area contributed by atoms with Gasteiger partial charge in [0, 0.05) is 5.03 Å². The molecule has 0 aliphatic heterocycles. The summed E-state index contributed by atoms with van der Waals surface area (Å²) in [6.07, 6.45) is 11.0. The van der Waals surface area contributed by atoms with Gasteiger partial charge in [-0.1, -0.05) is 55.1 Å². The standard InChI is InChI=1S/C5H6.C4H5Cl/c1-2-4-5-3-1;1-3-4(2)5/h1-4H,5H2;3H,1-2H2. The number of hydrogen-bond acceptors (Lipinski definition) is 0. The molecule has 0 unspecified atom stereocenters. The van der Waals surface area contributed by atoms with Gasteiger partial charge in [0.2, 0.25) is 0 Å². The van der Waals surface area contributed by atoms with E-state index < -0.39 is 0 Å². The summed E-state index contributed by atoms with van der Waals surface area (Å²) in [5, 5.41) is 0.491. The molecule has 0 radical (unpaired) electrons. The van der Waals surface area contributed by atoms with E-state index in [1.54, 1.807) is 0 Å². The van der Waals surface area contributed by atoms with E-state index in [2.05, 4.69) is 37.5 Å². The normalized spacial score (nSPS) is 12.1. The highest BCUT2D eigenvalue weighted by molar-refractivity contribution is 6.30. The Hall–Kier alpha value is -0.750. The van der Waals surface area contributed by atoms with E-state index in [0.29, 0.717) is 5.03 Å². The summed E-state index contributed by atoms with van der Waals surface area (Å²) < 4.78 is 0. The van der Waals surface area contributed by atoms with Gasteiger partial charge in [-0.2, -0.15) is 0 Å². The molecular formula is C9H11Cl.